The van der Waals surface area contributed by atoms with Crippen LogP contribution < -0.4 is 0 Å². The Morgan fingerprint density at radius 2 is 1.82 bits per heavy atom. The lowest BCUT2D eigenvalue weighted by molar-refractivity contribution is -0.166. The van der Waals surface area contributed by atoms with Crippen molar-refractivity contribution < 1.29 is 33.4 Å². The molecule has 7 heteroatoms. The Balaban J connectivity index is 1.42. The van der Waals surface area contributed by atoms with E-state index < -0.39 is 11.9 Å². The molecule has 4 aliphatic carbocycles. The van der Waals surface area contributed by atoms with Gasteiger partial charge in [0.15, 0.2) is 0 Å². The van der Waals surface area contributed by atoms with Crippen LogP contribution in [0.15, 0.2) is 23.2 Å². The quantitative estimate of drug-likeness (QED) is 0.436. The van der Waals surface area contributed by atoms with Crippen molar-refractivity contribution in [1.82, 2.24) is 0 Å². The van der Waals surface area contributed by atoms with Crippen LogP contribution in [-0.4, -0.2) is 29.8 Å². The molecule has 0 bridgehead atoms. The van der Waals surface area contributed by atoms with Gasteiger partial charge < -0.3 is 14.2 Å². The van der Waals surface area contributed by atoms with Gasteiger partial charge in [-0.25, -0.2) is 4.79 Å². The Hall–Kier alpha value is -2.44. The lowest BCUT2D eigenvalue weighted by Crippen LogP contribution is -2.57. The van der Waals surface area contributed by atoms with Crippen molar-refractivity contribution in [1.29, 1.82) is 0 Å². The lowest BCUT2D eigenvalue weighted by atomic mass is 9.44. The fourth-order valence-corrected chi connectivity index (χ4v) is 8.33. The third-order valence-corrected chi connectivity index (χ3v) is 9.64. The van der Waals surface area contributed by atoms with E-state index in [9.17, 15) is 19.2 Å². The third-order valence-electron chi connectivity index (χ3n) is 9.64. The van der Waals surface area contributed by atoms with E-state index in [0.717, 1.165) is 50.5 Å². The fraction of sp³-hybridized carbons (Fsp3) is 0.704. The average molecular weight is 471 g/mol. The van der Waals surface area contributed by atoms with Gasteiger partial charge in [0.25, 0.3) is 0 Å². The molecule has 1 aliphatic heterocycles. The molecule has 5 rings (SSSR count). The van der Waals surface area contributed by atoms with E-state index in [-0.39, 0.29) is 34.6 Å². The van der Waals surface area contributed by atoms with Crippen LogP contribution in [0, 0.1) is 34.5 Å². The summed E-state index contributed by atoms with van der Waals surface area (Å²) in [6, 6.07) is 0. The molecule has 184 valence electrons. The van der Waals surface area contributed by atoms with E-state index in [1.54, 1.807) is 0 Å². The van der Waals surface area contributed by atoms with E-state index in [4.69, 9.17) is 14.2 Å². The Labute approximate surface area is 200 Å². The number of ketones is 1. The smallest absolute Gasteiger partial charge is 0.379 e. The van der Waals surface area contributed by atoms with Gasteiger partial charge in [-0.2, -0.15) is 0 Å². The first-order chi connectivity index (χ1) is 16.0. The van der Waals surface area contributed by atoms with E-state index in [0.29, 0.717) is 35.7 Å². The molecule has 0 spiro atoms. The fourth-order valence-electron chi connectivity index (χ4n) is 8.33. The van der Waals surface area contributed by atoms with Gasteiger partial charge in [0.1, 0.15) is 17.6 Å². The Morgan fingerprint density at radius 3 is 2.53 bits per heavy atom. The SMILES string of the molecule is CC(=O)OC1=C/C(=C2\CCC3C4CCC5CC(OC(C)=O)CCC5(C)C4C(=O)CC23C)OC1=O. The first kappa shape index (κ1) is 23.3. The van der Waals surface area contributed by atoms with E-state index in [1.165, 1.54) is 19.9 Å². The molecule has 0 N–H and O–H groups in total. The zero-order chi connectivity index (χ0) is 24.4. The minimum atomic E-state index is -0.651. The summed E-state index contributed by atoms with van der Waals surface area (Å²) in [7, 11) is 0. The summed E-state index contributed by atoms with van der Waals surface area (Å²) < 4.78 is 16.1. The normalized spacial score (nSPS) is 43.3. The zero-order valence-electron chi connectivity index (χ0n) is 20.5. The summed E-state index contributed by atoms with van der Waals surface area (Å²) in [4.78, 5) is 48.9. The van der Waals surface area contributed by atoms with Crippen LogP contribution in [0.2, 0.25) is 0 Å². The minimum Gasteiger partial charge on any atom is -0.463 e. The van der Waals surface area contributed by atoms with Crippen LogP contribution >= 0.6 is 0 Å². The van der Waals surface area contributed by atoms with E-state index in [1.807, 2.05) is 0 Å². The topological polar surface area (TPSA) is 96.0 Å². The summed E-state index contributed by atoms with van der Waals surface area (Å²) in [5.74, 6) is 0.341. The van der Waals surface area contributed by atoms with Crippen molar-refractivity contribution in [2.24, 2.45) is 34.5 Å². The number of fused-ring (bicyclic) bond motifs is 5. The van der Waals surface area contributed by atoms with Gasteiger partial charge in [-0.3, -0.25) is 14.4 Å². The minimum absolute atomic E-state index is 0.0326. The molecule has 7 unspecified atom stereocenters. The first-order valence-electron chi connectivity index (χ1n) is 12.6. The highest BCUT2D eigenvalue weighted by Crippen LogP contribution is 2.67. The van der Waals surface area contributed by atoms with Crippen LogP contribution in [-0.2, 0) is 33.4 Å². The maximum Gasteiger partial charge on any atom is 0.379 e. The number of hydrogen-bond acceptors (Lipinski definition) is 7. The van der Waals surface area contributed by atoms with Crippen molar-refractivity contribution in [3.8, 4) is 0 Å². The summed E-state index contributed by atoms with van der Waals surface area (Å²) in [5, 5.41) is 0. The number of carbonyl (C=O) groups is 4. The second-order valence-electron chi connectivity index (χ2n) is 11.5. The summed E-state index contributed by atoms with van der Waals surface area (Å²) in [6.07, 6.45) is 8.31. The maximum atomic E-state index is 13.8. The van der Waals surface area contributed by atoms with Gasteiger partial charge >= 0.3 is 17.9 Å². The summed E-state index contributed by atoms with van der Waals surface area (Å²) in [5.41, 5.74) is 0.593. The summed E-state index contributed by atoms with van der Waals surface area (Å²) in [6.45, 7) is 7.16. The number of rotatable bonds is 2. The maximum absolute atomic E-state index is 13.8. The van der Waals surface area contributed by atoms with Gasteiger partial charge in [-0.15, -0.1) is 0 Å². The number of Topliss-reactive ketones (excluding diaryl/α,β-unsaturated/α-hetero) is 1. The molecule has 34 heavy (non-hydrogen) atoms. The molecule has 0 aromatic heterocycles. The Morgan fingerprint density at radius 1 is 1.06 bits per heavy atom. The molecule has 4 fully saturated rings. The molecule has 0 aromatic rings. The second-order valence-corrected chi connectivity index (χ2v) is 11.5. The molecule has 0 radical (unpaired) electrons. The van der Waals surface area contributed by atoms with Gasteiger partial charge in [-0.05, 0) is 73.7 Å². The van der Waals surface area contributed by atoms with Crippen molar-refractivity contribution in [3.05, 3.63) is 23.2 Å². The Bertz CT molecular complexity index is 1020. The average Bonchev–Trinajstić information content (AvgIpc) is 3.26. The highest BCUT2D eigenvalue weighted by atomic mass is 16.6. The molecule has 1 heterocycles. The number of allylic oxidation sites excluding steroid dienone is 2. The molecule has 0 saturated heterocycles. The van der Waals surface area contributed by atoms with Gasteiger partial charge in [-0.1, -0.05) is 13.8 Å². The van der Waals surface area contributed by atoms with Crippen molar-refractivity contribution >= 4 is 23.7 Å². The predicted molar refractivity (Wildman–Crippen MR) is 121 cm³/mol. The molecule has 7 nitrogen and oxygen atoms in total. The van der Waals surface area contributed by atoms with Crippen molar-refractivity contribution in [2.45, 2.75) is 85.2 Å². The molecule has 0 amide bonds. The largest absolute Gasteiger partial charge is 0.463 e. The van der Waals surface area contributed by atoms with Gasteiger partial charge in [0, 0.05) is 37.7 Å². The lowest BCUT2D eigenvalue weighted by Gasteiger charge is -2.59. The molecule has 0 aromatic carbocycles. The van der Waals surface area contributed by atoms with Crippen LogP contribution in [0.4, 0.5) is 0 Å². The third kappa shape index (κ3) is 3.54. The van der Waals surface area contributed by atoms with Crippen LogP contribution in [0.25, 0.3) is 0 Å². The van der Waals surface area contributed by atoms with Gasteiger partial charge in [0.2, 0.25) is 5.76 Å². The van der Waals surface area contributed by atoms with Crippen LogP contribution in [0.5, 0.6) is 0 Å². The standard InChI is InChI=1S/C27H34O7/c1-14(28)32-17-9-10-26(3)16(11-17)5-6-18-19-7-8-20(27(19,4)13-21(30)24(18)26)22-12-23(25(31)34-22)33-15(2)29/h12,16-19,24H,5-11,13H2,1-4H3/b22-20-. The highest BCUT2D eigenvalue weighted by molar-refractivity contribution is 5.93. The molecule has 7 atom stereocenters. The molecule has 4 saturated carbocycles. The molecular weight excluding hydrogens is 436 g/mol. The van der Waals surface area contributed by atoms with Gasteiger partial charge in [0.05, 0.1) is 0 Å². The van der Waals surface area contributed by atoms with E-state index in [2.05, 4.69) is 13.8 Å². The highest BCUT2D eigenvalue weighted by Gasteiger charge is 2.63. The van der Waals surface area contributed by atoms with Crippen molar-refractivity contribution in [3.63, 3.8) is 0 Å². The first-order valence-corrected chi connectivity index (χ1v) is 12.6. The van der Waals surface area contributed by atoms with Crippen molar-refractivity contribution in [2.75, 3.05) is 0 Å². The molecule has 5 aliphatic rings. The number of carbonyl (C=O) groups excluding carboxylic acids is 4. The summed E-state index contributed by atoms with van der Waals surface area (Å²) >= 11 is 0. The second kappa shape index (κ2) is 8.06. The number of ether oxygens (including phenoxy) is 3. The van der Waals surface area contributed by atoms with Crippen LogP contribution in [0.1, 0.15) is 79.1 Å². The van der Waals surface area contributed by atoms with Crippen LogP contribution in [0.3, 0.4) is 0 Å². The zero-order valence-corrected chi connectivity index (χ0v) is 20.5. The number of cyclic esters (lactones) is 1. The monoisotopic (exact) mass is 470 g/mol. The number of hydrogen-bond donors (Lipinski definition) is 0. The number of esters is 3. The molecular formula is C27H34O7. The van der Waals surface area contributed by atoms with E-state index >= 15 is 0 Å². The Kier molecular flexibility index (Phi) is 5.53. The predicted octanol–water partition coefficient (Wildman–Crippen LogP) is 4.40.